The van der Waals surface area contributed by atoms with Crippen molar-refractivity contribution in [2.45, 2.75) is 12.1 Å². The average molecular weight is 344 g/mol. The van der Waals surface area contributed by atoms with Crippen molar-refractivity contribution in [1.82, 2.24) is 9.80 Å². The Morgan fingerprint density at radius 2 is 1.32 bits per heavy atom. The molecule has 2 aromatic rings. The maximum Gasteiger partial charge on any atom is 0.123 e. The lowest BCUT2D eigenvalue weighted by Crippen LogP contribution is -2.48. The van der Waals surface area contributed by atoms with Crippen molar-refractivity contribution >= 4 is 0 Å². The van der Waals surface area contributed by atoms with Crippen LogP contribution in [-0.4, -0.2) is 55.2 Å². The smallest absolute Gasteiger partial charge is 0.123 e. The highest BCUT2D eigenvalue weighted by molar-refractivity contribution is 5.32. The fourth-order valence-corrected chi connectivity index (χ4v) is 3.57. The van der Waals surface area contributed by atoms with Gasteiger partial charge in [0.2, 0.25) is 0 Å². The molecular weight excluding hydrogens is 322 g/mol. The van der Waals surface area contributed by atoms with E-state index in [1.54, 1.807) is 0 Å². The quantitative estimate of drug-likeness (QED) is 0.777. The van der Waals surface area contributed by atoms with Crippen molar-refractivity contribution in [2.75, 3.05) is 39.3 Å². The molecule has 5 heteroatoms. The van der Waals surface area contributed by atoms with E-state index in [-0.39, 0.29) is 17.7 Å². The molecule has 2 aliphatic rings. The van der Waals surface area contributed by atoms with Crippen molar-refractivity contribution in [1.29, 1.82) is 0 Å². The molecule has 0 amide bonds. The Balaban J connectivity index is 1.54. The van der Waals surface area contributed by atoms with Crippen LogP contribution in [0.5, 0.6) is 0 Å². The highest BCUT2D eigenvalue weighted by Crippen LogP contribution is 2.30. The van der Waals surface area contributed by atoms with Gasteiger partial charge in [0, 0.05) is 32.7 Å². The van der Waals surface area contributed by atoms with Gasteiger partial charge in [-0.05, 0) is 35.4 Å². The molecule has 2 fully saturated rings. The summed E-state index contributed by atoms with van der Waals surface area (Å²) in [5, 5.41) is 0. The van der Waals surface area contributed by atoms with Gasteiger partial charge in [0.15, 0.2) is 0 Å². The predicted octanol–water partition coefficient (Wildman–Crippen LogP) is 3.07. The Hall–Kier alpha value is -1.82. The lowest BCUT2D eigenvalue weighted by molar-refractivity contribution is 0.104. The molecule has 2 aromatic carbocycles. The first-order chi connectivity index (χ1) is 12.2. The molecule has 0 aliphatic carbocycles. The third kappa shape index (κ3) is 4.06. The van der Waals surface area contributed by atoms with Crippen LogP contribution < -0.4 is 0 Å². The van der Waals surface area contributed by atoms with Crippen LogP contribution in [0, 0.1) is 11.6 Å². The number of nitrogens with zero attached hydrogens (tertiary/aromatic N) is 2. The largest absolute Gasteiger partial charge is 0.372 e. The summed E-state index contributed by atoms with van der Waals surface area (Å²) in [4.78, 5) is 4.82. The van der Waals surface area contributed by atoms with E-state index in [0.29, 0.717) is 6.10 Å². The number of ether oxygens (including phenoxy) is 1. The van der Waals surface area contributed by atoms with E-state index in [1.165, 1.54) is 24.3 Å². The molecular formula is C20H22F2N2O. The summed E-state index contributed by atoms with van der Waals surface area (Å²) in [5.41, 5.74) is 2.07. The van der Waals surface area contributed by atoms with Crippen molar-refractivity contribution in [3.8, 4) is 0 Å². The van der Waals surface area contributed by atoms with E-state index in [9.17, 15) is 8.78 Å². The highest BCUT2D eigenvalue weighted by Gasteiger charge is 2.30. The Bertz CT molecular complexity index is 647. The van der Waals surface area contributed by atoms with Crippen molar-refractivity contribution in [2.24, 2.45) is 0 Å². The summed E-state index contributed by atoms with van der Waals surface area (Å²) in [5.74, 6) is -0.480. The van der Waals surface area contributed by atoms with Crippen LogP contribution in [0.15, 0.2) is 48.5 Å². The number of benzene rings is 2. The van der Waals surface area contributed by atoms with Crippen molar-refractivity contribution < 1.29 is 13.5 Å². The molecule has 0 spiro atoms. The van der Waals surface area contributed by atoms with E-state index in [0.717, 1.165) is 50.5 Å². The molecule has 0 N–H and O–H groups in total. The maximum atomic E-state index is 13.3. The van der Waals surface area contributed by atoms with Gasteiger partial charge in [0.25, 0.3) is 0 Å². The number of rotatable bonds is 5. The van der Waals surface area contributed by atoms with Crippen molar-refractivity contribution in [3.63, 3.8) is 0 Å². The molecule has 0 unspecified atom stereocenters. The van der Waals surface area contributed by atoms with Gasteiger partial charge in [-0.3, -0.25) is 9.80 Å². The number of hydrogen-bond donors (Lipinski definition) is 0. The Morgan fingerprint density at radius 3 is 1.76 bits per heavy atom. The van der Waals surface area contributed by atoms with E-state index >= 15 is 0 Å². The van der Waals surface area contributed by atoms with Gasteiger partial charge in [0.1, 0.15) is 11.6 Å². The summed E-state index contributed by atoms with van der Waals surface area (Å²) in [7, 11) is 0. The van der Waals surface area contributed by atoms with E-state index < -0.39 is 0 Å². The molecule has 1 atom stereocenters. The molecule has 3 nitrogen and oxygen atoms in total. The van der Waals surface area contributed by atoms with Gasteiger partial charge in [-0.1, -0.05) is 24.3 Å². The number of hydrogen-bond acceptors (Lipinski definition) is 3. The average Bonchev–Trinajstić information content (AvgIpc) is 3.44. The number of epoxide rings is 1. The molecule has 25 heavy (non-hydrogen) atoms. The van der Waals surface area contributed by atoms with Gasteiger partial charge in [-0.2, -0.15) is 0 Å². The zero-order chi connectivity index (χ0) is 17.2. The minimum atomic E-state index is -0.240. The minimum Gasteiger partial charge on any atom is -0.372 e. The summed E-state index contributed by atoms with van der Waals surface area (Å²) >= 11 is 0. The third-order valence-corrected chi connectivity index (χ3v) is 5.01. The van der Waals surface area contributed by atoms with Crippen molar-refractivity contribution in [3.05, 3.63) is 71.3 Å². The Kier molecular flexibility index (Phi) is 4.79. The molecule has 0 radical (unpaired) electrons. The second-order valence-electron chi connectivity index (χ2n) is 6.80. The summed E-state index contributed by atoms with van der Waals surface area (Å²) in [6, 6.07) is 13.3. The molecule has 2 saturated heterocycles. The van der Waals surface area contributed by atoms with Crippen LogP contribution in [0.4, 0.5) is 8.78 Å². The van der Waals surface area contributed by atoms with Gasteiger partial charge in [-0.25, -0.2) is 8.78 Å². The zero-order valence-electron chi connectivity index (χ0n) is 14.1. The molecule has 4 rings (SSSR count). The fourth-order valence-electron chi connectivity index (χ4n) is 3.57. The first-order valence-electron chi connectivity index (χ1n) is 8.78. The lowest BCUT2D eigenvalue weighted by Gasteiger charge is -2.39. The monoisotopic (exact) mass is 344 g/mol. The lowest BCUT2D eigenvalue weighted by atomic mass is 9.96. The third-order valence-electron chi connectivity index (χ3n) is 5.01. The Labute approximate surface area is 146 Å². The minimum absolute atomic E-state index is 0.0144. The van der Waals surface area contributed by atoms with Crippen LogP contribution in [0.1, 0.15) is 17.2 Å². The second kappa shape index (κ2) is 7.20. The first kappa shape index (κ1) is 16.6. The van der Waals surface area contributed by atoms with E-state index in [2.05, 4.69) is 9.80 Å². The van der Waals surface area contributed by atoms with Gasteiger partial charge in [-0.15, -0.1) is 0 Å². The van der Waals surface area contributed by atoms with Gasteiger partial charge < -0.3 is 4.74 Å². The topological polar surface area (TPSA) is 19.0 Å². The first-order valence-corrected chi connectivity index (χ1v) is 8.78. The summed E-state index contributed by atoms with van der Waals surface area (Å²) in [6.45, 7) is 5.70. The highest BCUT2D eigenvalue weighted by atomic mass is 19.1. The molecule has 0 aromatic heterocycles. The zero-order valence-corrected chi connectivity index (χ0v) is 14.1. The van der Waals surface area contributed by atoms with E-state index in [1.807, 2.05) is 24.3 Å². The molecule has 132 valence electrons. The van der Waals surface area contributed by atoms with Crippen LogP contribution >= 0.6 is 0 Å². The van der Waals surface area contributed by atoms with Crippen LogP contribution in [0.2, 0.25) is 0 Å². The normalized spacial score (nSPS) is 21.6. The molecule has 0 bridgehead atoms. The van der Waals surface area contributed by atoms with Crippen LogP contribution in [0.3, 0.4) is 0 Å². The molecule has 2 aliphatic heterocycles. The number of piperazine rings is 1. The Morgan fingerprint density at radius 1 is 0.840 bits per heavy atom. The van der Waals surface area contributed by atoms with Crippen LogP contribution in [-0.2, 0) is 4.74 Å². The standard InChI is InChI=1S/C20H22F2N2O/c21-17-5-1-15(2-6-17)20(16-3-7-18(22)8-4-16)24-11-9-23(10-12-24)13-19-14-25-19/h1-8,19-20H,9-14H2/t19-/m1/s1. The van der Waals surface area contributed by atoms with Gasteiger partial charge in [0.05, 0.1) is 18.8 Å². The summed E-state index contributed by atoms with van der Waals surface area (Å²) < 4.78 is 32.0. The molecule has 0 saturated carbocycles. The SMILES string of the molecule is Fc1ccc(C(c2ccc(F)cc2)N2CCN(C[C@@H]3CO3)CC2)cc1. The predicted molar refractivity (Wildman–Crippen MR) is 92.4 cm³/mol. The maximum absolute atomic E-state index is 13.3. The second-order valence-corrected chi connectivity index (χ2v) is 6.80. The number of halogens is 2. The van der Waals surface area contributed by atoms with E-state index in [4.69, 9.17) is 4.74 Å². The van der Waals surface area contributed by atoms with Gasteiger partial charge >= 0.3 is 0 Å². The summed E-state index contributed by atoms with van der Waals surface area (Å²) in [6.07, 6.45) is 0.413. The fraction of sp³-hybridized carbons (Fsp3) is 0.400. The molecule has 2 heterocycles. The van der Waals surface area contributed by atoms with Crippen LogP contribution in [0.25, 0.3) is 0 Å².